The van der Waals surface area contributed by atoms with E-state index in [1.807, 2.05) is 38.4 Å². The molecule has 0 saturated carbocycles. The maximum atomic E-state index is 12.2. The molecule has 1 amide bonds. The molecular weight excluding hydrogens is 258 g/mol. The van der Waals surface area contributed by atoms with E-state index in [4.69, 9.17) is 0 Å². The second-order valence-electron chi connectivity index (χ2n) is 4.74. The molecule has 0 radical (unpaired) electrons. The number of benzene rings is 1. The molecule has 4 nitrogen and oxygen atoms in total. The van der Waals surface area contributed by atoms with E-state index in [9.17, 15) is 4.79 Å². The van der Waals surface area contributed by atoms with Crippen LogP contribution >= 0.6 is 11.3 Å². The molecule has 0 aliphatic rings. The van der Waals surface area contributed by atoms with Gasteiger partial charge in [0, 0.05) is 29.9 Å². The number of carbonyl (C=O) groups excluding carboxylic acids is 1. The van der Waals surface area contributed by atoms with E-state index < -0.39 is 5.54 Å². The Bertz CT molecular complexity index is 547. The molecule has 0 atom stereocenters. The summed E-state index contributed by atoms with van der Waals surface area (Å²) in [6, 6.07) is 7.37. The first-order valence-electron chi connectivity index (χ1n) is 6.03. The Labute approximate surface area is 116 Å². The highest BCUT2D eigenvalue weighted by Crippen LogP contribution is 2.22. The van der Waals surface area contributed by atoms with E-state index in [2.05, 4.69) is 15.6 Å². The minimum atomic E-state index is -0.465. The standard InChI is InChI=1S/C14H17N3OS/c1-14(2,13-16-8-9-19-13)17-12(18)10-4-6-11(15-3)7-5-10/h4-9,15H,1-3H3,(H,17,18). The molecule has 0 fully saturated rings. The highest BCUT2D eigenvalue weighted by molar-refractivity contribution is 7.09. The van der Waals surface area contributed by atoms with Crippen LogP contribution in [-0.2, 0) is 5.54 Å². The van der Waals surface area contributed by atoms with Crippen molar-refractivity contribution in [2.45, 2.75) is 19.4 Å². The van der Waals surface area contributed by atoms with Crippen LogP contribution in [0.5, 0.6) is 0 Å². The lowest BCUT2D eigenvalue weighted by Gasteiger charge is -2.23. The fraction of sp³-hybridized carbons (Fsp3) is 0.286. The van der Waals surface area contributed by atoms with E-state index in [-0.39, 0.29) is 5.91 Å². The van der Waals surface area contributed by atoms with Crippen LogP contribution in [0.25, 0.3) is 0 Å². The SMILES string of the molecule is CNc1ccc(C(=O)NC(C)(C)c2nccs2)cc1. The second-order valence-corrected chi connectivity index (χ2v) is 5.64. The summed E-state index contributed by atoms with van der Waals surface area (Å²) < 4.78 is 0. The molecule has 2 N–H and O–H groups in total. The molecule has 0 bridgehead atoms. The van der Waals surface area contributed by atoms with Gasteiger partial charge in [-0.05, 0) is 38.1 Å². The van der Waals surface area contributed by atoms with Crippen molar-refractivity contribution < 1.29 is 4.79 Å². The molecule has 19 heavy (non-hydrogen) atoms. The summed E-state index contributed by atoms with van der Waals surface area (Å²) in [5.74, 6) is -0.0946. The van der Waals surface area contributed by atoms with Crippen LogP contribution in [0.4, 0.5) is 5.69 Å². The van der Waals surface area contributed by atoms with Crippen molar-refractivity contribution in [2.75, 3.05) is 12.4 Å². The van der Waals surface area contributed by atoms with E-state index in [0.29, 0.717) is 5.56 Å². The van der Waals surface area contributed by atoms with Crippen LogP contribution in [0, 0.1) is 0 Å². The van der Waals surface area contributed by atoms with Crippen molar-refractivity contribution in [3.05, 3.63) is 46.4 Å². The lowest BCUT2D eigenvalue weighted by atomic mass is 10.1. The van der Waals surface area contributed by atoms with Gasteiger partial charge in [0.2, 0.25) is 0 Å². The Morgan fingerprint density at radius 1 is 1.26 bits per heavy atom. The third kappa shape index (κ3) is 3.12. The van der Waals surface area contributed by atoms with Crippen molar-refractivity contribution in [3.8, 4) is 0 Å². The lowest BCUT2D eigenvalue weighted by molar-refractivity contribution is 0.0912. The number of nitrogens with zero attached hydrogens (tertiary/aromatic N) is 1. The predicted octanol–water partition coefficient (Wildman–Crippen LogP) is 2.85. The fourth-order valence-electron chi connectivity index (χ4n) is 1.73. The Balaban J connectivity index is 2.12. The zero-order valence-corrected chi connectivity index (χ0v) is 12.0. The van der Waals surface area contributed by atoms with E-state index in [1.54, 1.807) is 18.3 Å². The predicted molar refractivity (Wildman–Crippen MR) is 78.6 cm³/mol. The molecule has 1 heterocycles. The average Bonchev–Trinajstić information content (AvgIpc) is 2.93. The van der Waals surface area contributed by atoms with Crippen LogP contribution in [0.15, 0.2) is 35.8 Å². The topological polar surface area (TPSA) is 54.0 Å². The molecule has 5 heteroatoms. The first-order chi connectivity index (χ1) is 9.03. The van der Waals surface area contributed by atoms with Gasteiger partial charge in [-0.15, -0.1) is 11.3 Å². The summed E-state index contributed by atoms with van der Waals surface area (Å²) in [5, 5.41) is 8.83. The molecule has 1 aromatic carbocycles. The van der Waals surface area contributed by atoms with Crippen molar-refractivity contribution in [1.29, 1.82) is 0 Å². The zero-order chi connectivity index (χ0) is 13.9. The number of aromatic nitrogens is 1. The number of hydrogen-bond donors (Lipinski definition) is 2. The minimum Gasteiger partial charge on any atom is -0.388 e. The molecule has 0 unspecified atom stereocenters. The smallest absolute Gasteiger partial charge is 0.252 e. The monoisotopic (exact) mass is 275 g/mol. The number of rotatable bonds is 4. The zero-order valence-electron chi connectivity index (χ0n) is 11.2. The molecule has 0 aliphatic carbocycles. The van der Waals surface area contributed by atoms with Crippen molar-refractivity contribution in [3.63, 3.8) is 0 Å². The number of nitrogens with one attached hydrogen (secondary N) is 2. The lowest BCUT2D eigenvalue weighted by Crippen LogP contribution is -2.40. The van der Waals surface area contributed by atoms with E-state index in [0.717, 1.165) is 10.7 Å². The van der Waals surface area contributed by atoms with Crippen molar-refractivity contribution in [2.24, 2.45) is 0 Å². The Morgan fingerprint density at radius 2 is 1.95 bits per heavy atom. The Morgan fingerprint density at radius 3 is 2.47 bits per heavy atom. The van der Waals surface area contributed by atoms with E-state index in [1.165, 1.54) is 11.3 Å². The maximum absolute atomic E-state index is 12.2. The highest BCUT2D eigenvalue weighted by atomic mass is 32.1. The van der Waals surface area contributed by atoms with E-state index >= 15 is 0 Å². The number of carbonyl (C=O) groups is 1. The number of amides is 1. The van der Waals surface area contributed by atoms with Gasteiger partial charge in [0.25, 0.3) is 5.91 Å². The molecule has 0 aliphatic heterocycles. The van der Waals surface area contributed by atoms with Gasteiger partial charge >= 0.3 is 0 Å². The average molecular weight is 275 g/mol. The van der Waals surface area contributed by atoms with Gasteiger partial charge in [0.15, 0.2) is 0 Å². The van der Waals surface area contributed by atoms with Gasteiger partial charge in [0.1, 0.15) is 5.01 Å². The van der Waals surface area contributed by atoms with Gasteiger partial charge in [-0.3, -0.25) is 4.79 Å². The summed E-state index contributed by atoms with van der Waals surface area (Å²) >= 11 is 1.54. The van der Waals surface area contributed by atoms with Gasteiger partial charge in [-0.2, -0.15) is 0 Å². The van der Waals surface area contributed by atoms with Crippen LogP contribution in [-0.4, -0.2) is 17.9 Å². The summed E-state index contributed by atoms with van der Waals surface area (Å²) in [6.45, 7) is 3.90. The van der Waals surface area contributed by atoms with Gasteiger partial charge in [-0.25, -0.2) is 4.98 Å². The van der Waals surface area contributed by atoms with Gasteiger partial charge in [0.05, 0.1) is 5.54 Å². The molecule has 2 rings (SSSR count). The third-order valence-electron chi connectivity index (χ3n) is 2.83. The van der Waals surface area contributed by atoms with Crippen LogP contribution in [0.1, 0.15) is 29.2 Å². The molecular formula is C14H17N3OS. The van der Waals surface area contributed by atoms with Crippen LogP contribution in [0.3, 0.4) is 0 Å². The molecule has 1 aromatic heterocycles. The number of thiazole rings is 1. The molecule has 0 spiro atoms. The van der Waals surface area contributed by atoms with Gasteiger partial charge < -0.3 is 10.6 Å². The first-order valence-corrected chi connectivity index (χ1v) is 6.91. The highest BCUT2D eigenvalue weighted by Gasteiger charge is 2.25. The number of anilines is 1. The third-order valence-corrected chi connectivity index (χ3v) is 3.93. The van der Waals surface area contributed by atoms with Crippen LogP contribution < -0.4 is 10.6 Å². The van der Waals surface area contributed by atoms with Crippen molar-refractivity contribution in [1.82, 2.24) is 10.3 Å². The first kappa shape index (κ1) is 13.5. The summed E-state index contributed by atoms with van der Waals surface area (Å²) in [6.07, 6.45) is 1.75. The summed E-state index contributed by atoms with van der Waals surface area (Å²) in [5.41, 5.74) is 1.16. The Kier molecular flexibility index (Phi) is 3.85. The summed E-state index contributed by atoms with van der Waals surface area (Å²) in [7, 11) is 1.85. The Hall–Kier alpha value is -1.88. The fourth-order valence-corrected chi connectivity index (χ4v) is 2.45. The summed E-state index contributed by atoms with van der Waals surface area (Å²) in [4.78, 5) is 16.5. The van der Waals surface area contributed by atoms with Gasteiger partial charge in [-0.1, -0.05) is 0 Å². The molecule has 0 saturated heterocycles. The quantitative estimate of drug-likeness (QED) is 0.902. The number of hydrogen-bond acceptors (Lipinski definition) is 4. The van der Waals surface area contributed by atoms with Crippen molar-refractivity contribution >= 4 is 22.9 Å². The largest absolute Gasteiger partial charge is 0.388 e. The minimum absolute atomic E-state index is 0.0946. The second kappa shape index (κ2) is 5.40. The maximum Gasteiger partial charge on any atom is 0.252 e. The normalized spacial score (nSPS) is 11.1. The molecule has 100 valence electrons. The molecule has 2 aromatic rings. The van der Waals surface area contributed by atoms with Crippen LogP contribution in [0.2, 0.25) is 0 Å².